The summed E-state index contributed by atoms with van der Waals surface area (Å²) in [5, 5.41) is 28.6. The number of carbonyl (C=O) groups excluding carboxylic acids is 3. The van der Waals surface area contributed by atoms with E-state index in [9.17, 15) is 29.5 Å². The van der Waals surface area contributed by atoms with Gasteiger partial charge in [-0.3, -0.25) is 9.59 Å². The number of hydrogen-bond acceptors (Lipinski definition) is 5. The molecule has 1 aliphatic heterocycles. The lowest BCUT2D eigenvalue weighted by Crippen LogP contribution is -2.60. The second kappa shape index (κ2) is 15.4. The number of aromatic amines is 1. The molecule has 0 unspecified atom stereocenters. The number of rotatable bonds is 13. The van der Waals surface area contributed by atoms with Gasteiger partial charge in [-0.15, -0.1) is 0 Å². The number of unbranched alkanes of at least 4 members (excludes halogenated alkanes) is 2. The van der Waals surface area contributed by atoms with Gasteiger partial charge in [0, 0.05) is 29.4 Å². The van der Waals surface area contributed by atoms with Crippen LogP contribution in [0.2, 0.25) is 0 Å². The number of benzene rings is 1. The van der Waals surface area contributed by atoms with Gasteiger partial charge in [-0.05, 0) is 57.1 Å². The summed E-state index contributed by atoms with van der Waals surface area (Å²) in [4.78, 5) is 57.6. The van der Waals surface area contributed by atoms with E-state index in [2.05, 4.69) is 27.0 Å². The molecule has 1 aromatic carbocycles. The molecule has 1 fully saturated rings. The van der Waals surface area contributed by atoms with E-state index in [4.69, 9.17) is 0 Å². The molecule has 5 atom stereocenters. The Labute approximate surface area is 253 Å². The van der Waals surface area contributed by atoms with Crippen LogP contribution < -0.4 is 16.0 Å². The van der Waals surface area contributed by atoms with Gasteiger partial charge in [-0.25, -0.2) is 9.59 Å². The van der Waals surface area contributed by atoms with E-state index in [0.717, 1.165) is 37.5 Å². The minimum Gasteiger partial charge on any atom is -0.480 e. The first-order valence-corrected chi connectivity index (χ1v) is 15.4. The van der Waals surface area contributed by atoms with Crippen molar-refractivity contribution < 1.29 is 24.3 Å². The standard InChI is InChI=1S/C32H46N6O5/c1-6-7-8-16-25(31(41)42)35-29(39)26(17-23-22-14-9-10-15-24(22)34-27(23)18-33)36-30(40)28(19(2)3)37-32(43)38-20(4)12-11-13-21(38)5/h9-10,14-15,19-21,25-26,28,34H,6-8,11-13,16-17H2,1-5H3,(H,35,39)(H,36,40)(H,37,43)(H,41,42)/t20-,21+,25-,26-,28+/m1/s1. The SMILES string of the molecule is CCCCC[C@@H](NC(=O)[C@@H](Cc1c(C#N)[nH]c2ccccc12)NC(=O)[C@@H](NC(=O)N1[C@H](C)CCC[C@@H]1C)C(C)C)C(=O)O. The number of carboxylic acids is 1. The number of likely N-dealkylation sites (tertiary alicyclic amines) is 1. The van der Waals surface area contributed by atoms with Gasteiger partial charge in [0.05, 0.1) is 0 Å². The molecule has 11 nitrogen and oxygen atoms in total. The van der Waals surface area contributed by atoms with Gasteiger partial charge in [-0.1, -0.05) is 58.2 Å². The number of amides is 4. The van der Waals surface area contributed by atoms with Gasteiger partial charge in [0.2, 0.25) is 11.8 Å². The van der Waals surface area contributed by atoms with Crippen LogP contribution in [0.25, 0.3) is 10.9 Å². The van der Waals surface area contributed by atoms with Gasteiger partial charge < -0.3 is 30.9 Å². The van der Waals surface area contributed by atoms with Crippen LogP contribution in [0.4, 0.5) is 4.79 Å². The van der Waals surface area contributed by atoms with E-state index < -0.39 is 35.9 Å². The van der Waals surface area contributed by atoms with Crippen molar-refractivity contribution in [3.63, 3.8) is 0 Å². The number of urea groups is 1. The maximum atomic E-state index is 13.7. The Morgan fingerprint density at radius 3 is 2.28 bits per heavy atom. The number of nitriles is 1. The van der Waals surface area contributed by atoms with Gasteiger partial charge in [0.15, 0.2) is 0 Å². The van der Waals surface area contributed by atoms with Crippen LogP contribution in [0.5, 0.6) is 0 Å². The van der Waals surface area contributed by atoms with E-state index >= 15 is 0 Å². The van der Waals surface area contributed by atoms with Crippen LogP contribution in [-0.2, 0) is 20.8 Å². The molecular formula is C32H46N6O5. The highest BCUT2D eigenvalue weighted by molar-refractivity contribution is 5.94. The van der Waals surface area contributed by atoms with E-state index in [-0.39, 0.29) is 42.6 Å². The molecule has 1 aliphatic rings. The van der Waals surface area contributed by atoms with Crippen LogP contribution in [0.1, 0.15) is 90.8 Å². The summed E-state index contributed by atoms with van der Waals surface area (Å²) in [7, 11) is 0. The normalized spacial score (nSPS) is 18.9. The number of fused-ring (bicyclic) bond motifs is 1. The molecule has 2 heterocycles. The average Bonchev–Trinajstić information content (AvgIpc) is 3.32. The lowest BCUT2D eigenvalue weighted by atomic mass is 9.97. The van der Waals surface area contributed by atoms with Gasteiger partial charge in [0.1, 0.15) is 29.9 Å². The number of piperidine rings is 1. The first kappa shape index (κ1) is 33.4. The van der Waals surface area contributed by atoms with Crippen LogP contribution in [0, 0.1) is 17.2 Å². The molecular weight excluding hydrogens is 548 g/mol. The van der Waals surface area contributed by atoms with Crippen LogP contribution in [-0.4, -0.2) is 69.0 Å². The fraction of sp³-hybridized carbons (Fsp3) is 0.594. The zero-order valence-corrected chi connectivity index (χ0v) is 25.9. The Balaban J connectivity index is 1.89. The summed E-state index contributed by atoms with van der Waals surface area (Å²) in [5.41, 5.74) is 1.50. The van der Waals surface area contributed by atoms with Gasteiger partial charge in [0.25, 0.3) is 0 Å². The third kappa shape index (κ3) is 8.49. The highest BCUT2D eigenvalue weighted by Gasteiger charge is 2.35. The fourth-order valence-electron chi connectivity index (χ4n) is 5.87. The number of nitrogens with zero attached hydrogens (tertiary/aromatic N) is 2. The minimum absolute atomic E-state index is 0.0325. The Hall–Kier alpha value is -4.07. The molecule has 43 heavy (non-hydrogen) atoms. The van der Waals surface area contributed by atoms with Crippen molar-refractivity contribution in [2.24, 2.45) is 5.92 Å². The minimum atomic E-state index is -1.20. The van der Waals surface area contributed by atoms with Crippen molar-refractivity contribution in [2.45, 2.75) is 116 Å². The van der Waals surface area contributed by atoms with Crippen molar-refractivity contribution in [3.05, 3.63) is 35.5 Å². The number of para-hydroxylation sites is 1. The van der Waals surface area contributed by atoms with E-state index in [1.165, 1.54) is 0 Å². The Kier molecular flexibility index (Phi) is 12.0. The molecule has 0 saturated carbocycles. The molecule has 0 aliphatic carbocycles. The highest BCUT2D eigenvalue weighted by atomic mass is 16.4. The summed E-state index contributed by atoms with van der Waals surface area (Å²) in [5.74, 6) is -2.68. The largest absolute Gasteiger partial charge is 0.480 e. The number of carbonyl (C=O) groups is 4. The number of nitrogens with one attached hydrogen (secondary N) is 4. The average molecular weight is 595 g/mol. The molecule has 0 spiro atoms. The molecule has 4 amide bonds. The first-order valence-electron chi connectivity index (χ1n) is 15.4. The van der Waals surface area contributed by atoms with E-state index in [1.807, 2.05) is 58.9 Å². The fourth-order valence-corrected chi connectivity index (χ4v) is 5.87. The molecule has 11 heteroatoms. The van der Waals surface area contributed by atoms with Crippen LogP contribution in [0.3, 0.4) is 0 Å². The maximum absolute atomic E-state index is 13.7. The molecule has 5 N–H and O–H groups in total. The Morgan fingerprint density at radius 1 is 1.02 bits per heavy atom. The second-order valence-electron chi connectivity index (χ2n) is 12.0. The van der Waals surface area contributed by atoms with Crippen molar-refractivity contribution in [3.8, 4) is 6.07 Å². The third-order valence-electron chi connectivity index (χ3n) is 8.33. The summed E-state index contributed by atoms with van der Waals surface area (Å²) < 4.78 is 0. The van der Waals surface area contributed by atoms with Gasteiger partial charge >= 0.3 is 12.0 Å². The topological polar surface area (TPSA) is 167 Å². The predicted octanol–water partition coefficient (Wildman–Crippen LogP) is 4.21. The van der Waals surface area contributed by atoms with Crippen LogP contribution in [0.15, 0.2) is 24.3 Å². The quantitative estimate of drug-likeness (QED) is 0.218. The zero-order valence-electron chi connectivity index (χ0n) is 25.9. The van der Waals surface area contributed by atoms with Crippen molar-refractivity contribution in [1.82, 2.24) is 25.8 Å². The summed E-state index contributed by atoms with van der Waals surface area (Å²) in [6, 6.07) is 5.87. The number of hydrogen-bond donors (Lipinski definition) is 5. The molecule has 0 radical (unpaired) electrons. The predicted molar refractivity (Wildman–Crippen MR) is 164 cm³/mol. The van der Waals surface area contributed by atoms with E-state index in [1.54, 1.807) is 4.90 Å². The molecule has 0 bridgehead atoms. The summed E-state index contributed by atoms with van der Waals surface area (Å²) in [6.45, 7) is 9.61. The Morgan fingerprint density at radius 2 is 1.67 bits per heavy atom. The lowest BCUT2D eigenvalue weighted by Gasteiger charge is -2.40. The van der Waals surface area contributed by atoms with Gasteiger partial charge in [-0.2, -0.15) is 5.26 Å². The van der Waals surface area contributed by atoms with Crippen molar-refractivity contribution in [2.75, 3.05) is 0 Å². The zero-order chi connectivity index (χ0) is 31.7. The molecule has 2 aromatic rings. The number of aliphatic carboxylic acids is 1. The number of carboxylic acid groups (broad SMARTS) is 1. The second-order valence-corrected chi connectivity index (χ2v) is 12.0. The third-order valence-corrected chi connectivity index (χ3v) is 8.33. The molecule has 1 aromatic heterocycles. The summed E-state index contributed by atoms with van der Waals surface area (Å²) >= 11 is 0. The van der Waals surface area contributed by atoms with E-state index in [0.29, 0.717) is 17.5 Å². The lowest BCUT2D eigenvalue weighted by molar-refractivity contribution is -0.142. The Bertz CT molecular complexity index is 1320. The highest BCUT2D eigenvalue weighted by Crippen LogP contribution is 2.25. The maximum Gasteiger partial charge on any atom is 0.326 e. The van der Waals surface area contributed by atoms with Crippen molar-refractivity contribution >= 4 is 34.7 Å². The molecule has 3 rings (SSSR count). The summed E-state index contributed by atoms with van der Waals surface area (Å²) in [6.07, 6.45) is 5.35. The monoisotopic (exact) mass is 594 g/mol. The van der Waals surface area contributed by atoms with Crippen LogP contribution >= 0.6 is 0 Å². The number of H-pyrrole nitrogens is 1. The number of aromatic nitrogens is 1. The first-order chi connectivity index (χ1) is 20.5. The molecule has 234 valence electrons. The molecule has 1 saturated heterocycles. The smallest absolute Gasteiger partial charge is 0.326 e. The van der Waals surface area contributed by atoms with Crippen molar-refractivity contribution in [1.29, 1.82) is 5.26 Å².